The van der Waals surface area contributed by atoms with E-state index in [9.17, 15) is 0 Å². The first-order chi connectivity index (χ1) is 9.83. The van der Waals surface area contributed by atoms with Crippen molar-refractivity contribution in [3.05, 3.63) is 53.6 Å². The monoisotopic (exact) mass is 322 g/mol. The first-order valence-electron chi connectivity index (χ1n) is 7.28. The summed E-state index contributed by atoms with van der Waals surface area (Å²) in [6.07, 6.45) is 14.5. The fourth-order valence-corrected chi connectivity index (χ4v) is 3.10. The molecule has 1 aliphatic carbocycles. The zero-order valence-electron chi connectivity index (χ0n) is 11.9. The second kappa shape index (κ2) is 7.67. The fourth-order valence-electron chi connectivity index (χ4n) is 2.98. The van der Waals surface area contributed by atoms with E-state index in [0.717, 1.165) is 5.02 Å². The minimum absolute atomic E-state index is 0. The summed E-state index contributed by atoms with van der Waals surface area (Å²) in [4.78, 5) is 4.13. The van der Waals surface area contributed by atoms with E-state index in [0.29, 0.717) is 5.92 Å². The first-order valence-corrected chi connectivity index (χ1v) is 7.66. The van der Waals surface area contributed by atoms with Crippen molar-refractivity contribution in [1.29, 1.82) is 0 Å². The predicted octanol–water partition coefficient (Wildman–Crippen LogP) is 5.54. The molecule has 0 spiro atoms. The second-order valence-electron chi connectivity index (χ2n) is 5.44. The maximum absolute atomic E-state index is 6.01. The van der Waals surface area contributed by atoms with E-state index in [1.807, 2.05) is 35.4 Å². The van der Waals surface area contributed by atoms with Crippen molar-refractivity contribution in [2.24, 2.45) is 5.92 Å². The molecule has 1 fully saturated rings. The molecule has 2 aromatic rings. The van der Waals surface area contributed by atoms with Crippen LogP contribution in [-0.2, 0) is 0 Å². The highest BCUT2D eigenvalue weighted by Crippen LogP contribution is 2.36. The van der Waals surface area contributed by atoms with E-state index in [1.54, 1.807) is 0 Å². The third-order valence-corrected chi connectivity index (χ3v) is 4.29. The lowest BCUT2D eigenvalue weighted by Crippen LogP contribution is -2.09. The normalized spacial score (nSPS) is 16.5. The zero-order chi connectivity index (χ0) is 13.8. The average Bonchev–Trinajstić information content (AvgIpc) is 3.00. The molecule has 1 heterocycles. The lowest BCUT2D eigenvalue weighted by molar-refractivity contribution is 0.430. The van der Waals surface area contributed by atoms with Crippen LogP contribution in [0.15, 0.2) is 43.0 Å². The summed E-state index contributed by atoms with van der Waals surface area (Å²) >= 11 is 6.01. The van der Waals surface area contributed by atoms with Crippen LogP contribution in [0, 0.1) is 5.92 Å². The number of allylic oxidation sites excluding steroid dienone is 1. The maximum Gasteiger partial charge on any atom is 0.0986 e. The third-order valence-electron chi connectivity index (χ3n) is 4.04. The molecule has 0 amide bonds. The Morgan fingerprint density at radius 1 is 1.14 bits per heavy atom. The minimum atomic E-state index is 0. The molecule has 0 aliphatic heterocycles. The Morgan fingerprint density at radius 2 is 1.86 bits per heavy atom. The highest BCUT2D eigenvalue weighted by atomic mass is 35.5. The van der Waals surface area contributed by atoms with Gasteiger partial charge >= 0.3 is 0 Å². The minimum Gasteiger partial charge on any atom is -0.313 e. The number of hydrogen-bond donors (Lipinski definition) is 0. The SMILES string of the molecule is Cl.Clc1ccc(C(=Cn2ccnc2)C2CCCCC2)cc1. The summed E-state index contributed by atoms with van der Waals surface area (Å²) in [6, 6.07) is 8.20. The molecule has 21 heavy (non-hydrogen) atoms. The lowest BCUT2D eigenvalue weighted by atomic mass is 9.81. The number of nitrogens with zero attached hydrogens (tertiary/aromatic N) is 2. The molecule has 0 bridgehead atoms. The largest absolute Gasteiger partial charge is 0.313 e. The first kappa shape index (κ1) is 16.1. The van der Waals surface area contributed by atoms with Crippen LogP contribution in [0.1, 0.15) is 37.7 Å². The summed E-state index contributed by atoms with van der Waals surface area (Å²) in [6.45, 7) is 0. The van der Waals surface area contributed by atoms with E-state index >= 15 is 0 Å². The number of rotatable bonds is 3. The van der Waals surface area contributed by atoms with E-state index in [4.69, 9.17) is 11.6 Å². The van der Waals surface area contributed by atoms with Crippen molar-refractivity contribution in [3.63, 3.8) is 0 Å². The second-order valence-corrected chi connectivity index (χ2v) is 5.87. The average molecular weight is 323 g/mol. The van der Waals surface area contributed by atoms with Crippen molar-refractivity contribution in [1.82, 2.24) is 9.55 Å². The van der Waals surface area contributed by atoms with Crippen molar-refractivity contribution < 1.29 is 0 Å². The molecular formula is C17H20Cl2N2. The summed E-state index contributed by atoms with van der Waals surface area (Å²) < 4.78 is 2.04. The van der Waals surface area contributed by atoms with Crippen LogP contribution < -0.4 is 0 Å². The molecule has 0 unspecified atom stereocenters. The van der Waals surface area contributed by atoms with Gasteiger partial charge in [0.15, 0.2) is 0 Å². The topological polar surface area (TPSA) is 17.8 Å². The molecular weight excluding hydrogens is 303 g/mol. The quantitative estimate of drug-likeness (QED) is 0.725. The molecule has 1 aromatic heterocycles. The number of imidazole rings is 1. The Hall–Kier alpha value is -1.25. The lowest BCUT2D eigenvalue weighted by Gasteiger charge is -2.25. The summed E-state index contributed by atoms with van der Waals surface area (Å²) in [5, 5.41) is 0.791. The standard InChI is InChI=1S/C17H19ClN2.ClH/c18-16-8-6-15(7-9-16)17(12-20-11-10-19-13-20)14-4-2-1-3-5-14;/h6-14H,1-5H2;1H. The number of aromatic nitrogens is 2. The highest BCUT2D eigenvalue weighted by Gasteiger charge is 2.19. The van der Waals surface area contributed by atoms with Gasteiger partial charge in [0, 0.05) is 23.6 Å². The van der Waals surface area contributed by atoms with Crippen LogP contribution in [-0.4, -0.2) is 9.55 Å². The number of hydrogen-bond acceptors (Lipinski definition) is 1. The molecule has 0 atom stereocenters. The fraction of sp³-hybridized carbons (Fsp3) is 0.353. The molecule has 2 nitrogen and oxygen atoms in total. The highest BCUT2D eigenvalue weighted by molar-refractivity contribution is 6.30. The molecule has 3 rings (SSSR count). The van der Waals surface area contributed by atoms with Crippen molar-refractivity contribution in [2.45, 2.75) is 32.1 Å². The van der Waals surface area contributed by atoms with Crippen molar-refractivity contribution in [3.8, 4) is 0 Å². The van der Waals surface area contributed by atoms with Gasteiger partial charge in [-0.25, -0.2) is 4.98 Å². The molecule has 112 valence electrons. The van der Waals surface area contributed by atoms with Crippen molar-refractivity contribution >= 4 is 35.8 Å². The van der Waals surface area contributed by atoms with Crippen LogP contribution in [0.2, 0.25) is 5.02 Å². The summed E-state index contributed by atoms with van der Waals surface area (Å²) in [7, 11) is 0. The van der Waals surface area contributed by atoms with Gasteiger partial charge in [0.25, 0.3) is 0 Å². The van der Waals surface area contributed by atoms with Gasteiger partial charge in [-0.2, -0.15) is 0 Å². The predicted molar refractivity (Wildman–Crippen MR) is 91.7 cm³/mol. The van der Waals surface area contributed by atoms with Crippen LogP contribution in [0.25, 0.3) is 11.8 Å². The van der Waals surface area contributed by atoms with Crippen LogP contribution in [0.5, 0.6) is 0 Å². The van der Waals surface area contributed by atoms with Gasteiger partial charge < -0.3 is 4.57 Å². The van der Waals surface area contributed by atoms with Gasteiger partial charge in [-0.1, -0.05) is 43.0 Å². The molecule has 1 saturated carbocycles. The van der Waals surface area contributed by atoms with E-state index < -0.39 is 0 Å². The number of halogens is 2. The smallest absolute Gasteiger partial charge is 0.0986 e. The van der Waals surface area contributed by atoms with Crippen molar-refractivity contribution in [2.75, 3.05) is 0 Å². The van der Waals surface area contributed by atoms with E-state index in [-0.39, 0.29) is 12.4 Å². The van der Waals surface area contributed by atoms with E-state index in [1.165, 1.54) is 43.2 Å². The molecule has 0 saturated heterocycles. The van der Waals surface area contributed by atoms with Crippen LogP contribution in [0.3, 0.4) is 0 Å². The van der Waals surface area contributed by atoms with Gasteiger partial charge in [-0.3, -0.25) is 0 Å². The Kier molecular flexibility index (Phi) is 5.89. The number of benzene rings is 1. The van der Waals surface area contributed by atoms with Crippen LogP contribution in [0.4, 0.5) is 0 Å². The molecule has 0 N–H and O–H groups in total. The van der Waals surface area contributed by atoms with Gasteiger partial charge in [-0.15, -0.1) is 12.4 Å². The maximum atomic E-state index is 6.01. The Balaban J connectivity index is 0.00000161. The zero-order valence-corrected chi connectivity index (χ0v) is 13.5. The van der Waals surface area contributed by atoms with Crippen LogP contribution >= 0.6 is 24.0 Å². The van der Waals surface area contributed by atoms with Gasteiger partial charge in [0.2, 0.25) is 0 Å². The van der Waals surface area contributed by atoms with E-state index in [2.05, 4.69) is 23.3 Å². The Labute approximate surface area is 137 Å². The van der Waals surface area contributed by atoms with Gasteiger partial charge in [-0.05, 0) is 42.0 Å². The molecule has 4 heteroatoms. The summed E-state index contributed by atoms with van der Waals surface area (Å²) in [5.74, 6) is 0.646. The van der Waals surface area contributed by atoms with Gasteiger partial charge in [0.05, 0.1) is 6.33 Å². The summed E-state index contributed by atoms with van der Waals surface area (Å²) in [5.41, 5.74) is 2.68. The molecule has 1 aromatic carbocycles. The third kappa shape index (κ3) is 4.12. The molecule has 1 aliphatic rings. The van der Waals surface area contributed by atoms with Gasteiger partial charge in [0.1, 0.15) is 0 Å². The Bertz CT molecular complexity index is 567. The Morgan fingerprint density at radius 3 is 2.48 bits per heavy atom. The molecule has 0 radical (unpaired) electrons.